The van der Waals surface area contributed by atoms with Crippen LogP contribution < -0.4 is 4.57 Å². The summed E-state index contributed by atoms with van der Waals surface area (Å²) >= 11 is 0. The molecule has 0 radical (unpaired) electrons. The summed E-state index contributed by atoms with van der Waals surface area (Å²) in [5, 5.41) is 0. The largest absolute Gasteiger partial charge is 0.251 e. The van der Waals surface area contributed by atoms with Gasteiger partial charge in [-0.05, 0) is 6.42 Å². The average Bonchev–Trinajstić information content (AvgIpc) is 2.36. The molecule has 0 aliphatic heterocycles. The van der Waals surface area contributed by atoms with E-state index in [0.29, 0.717) is 0 Å². The van der Waals surface area contributed by atoms with Gasteiger partial charge < -0.3 is 0 Å². The molecule has 1 heterocycles. The Morgan fingerprint density at radius 1 is 1.42 bits per heavy atom. The number of imidazole rings is 1. The van der Waals surface area contributed by atoms with E-state index < -0.39 is 0 Å². The highest BCUT2D eigenvalue weighted by Gasteiger charge is 2.08. The number of nitrogens with one attached hydrogen (secondary N) is 1. The van der Waals surface area contributed by atoms with E-state index in [4.69, 9.17) is 0 Å². The second kappa shape index (κ2) is 4.29. The van der Waals surface area contributed by atoms with Crippen LogP contribution in [-0.4, -0.2) is 4.98 Å². The smallest absolute Gasteiger partial charge is 0.248 e. The molecular weight excluding hydrogens is 148 g/mol. The fourth-order valence-electron chi connectivity index (χ4n) is 1.39. The maximum Gasteiger partial charge on any atom is 0.251 e. The standard InChI is InChI=1S/C10H18N2/c1-4-5-6-7-10-8-11-9(2)12(10)3/h8H,4-7H2,1-3H3/p+1. The first-order chi connectivity index (χ1) is 5.75. The minimum absolute atomic E-state index is 1.20. The first-order valence-electron chi connectivity index (χ1n) is 4.78. The summed E-state index contributed by atoms with van der Waals surface area (Å²) in [6.45, 7) is 4.34. The van der Waals surface area contributed by atoms with Gasteiger partial charge in [-0.1, -0.05) is 19.8 Å². The molecule has 68 valence electrons. The number of aromatic amines is 1. The van der Waals surface area contributed by atoms with Gasteiger partial charge >= 0.3 is 0 Å². The zero-order valence-corrected chi connectivity index (χ0v) is 8.35. The summed E-state index contributed by atoms with van der Waals surface area (Å²) < 4.78 is 2.23. The average molecular weight is 167 g/mol. The number of nitrogens with zero attached hydrogens (tertiary/aromatic N) is 1. The van der Waals surface area contributed by atoms with Gasteiger partial charge in [0.25, 0.3) is 5.82 Å². The highest BCUT2D eigenvalue weighted by molar-refractivity contribution is 4.89. The molecular formula is C10H19N2+. The van der Waals surface area contributed by atoms with Crippen LogP contribution in [-0.2, 0) is 13.5 Å². The quantitative estimate of drug-likeness (QED) is 0.522. The number of aryl methyl sites for hydroxylation is 2. The molecule has 2 heteroatoms. The number of hydrogen-bond acceptors (Lipinski definition) is 0. The van der Waals surface area contributed by atoms with Gasteiger partial charge in [-0.25, -0.2) is 9.55 Å². The lowest BCUT2D eigenvalue weighted by Crippen LogP contribution is -2.33. The zero-order chi connectivity index (χ0) is 8.97. The lowest BCUT2D eigenvalue weighted by molar-refractivity contribution is -0.683. The predicted molar refractivity (Wildman–Crippen MR) is 49.9 cm³/mol. The van der Waals surface area contributed by atoms with Gasteiger partial charge in [0.1, 0.15) is 11.9 Å². The molecule has 0 aromatic carbocycles. The molecule has 1 aromatic rings. The van der Waals surface area contributed by atoms with Crippen molar-refractivity contribution in [2.24, 2.45) is 7.05 Å². The van der Waals surface area contributed by atoms with Crippen molar-refractivity contribution in [2.45, 2.75) is 39.5 Å². The monoisotopic (exact) mass is 167 g/mol. The van der Waals surface area contributed by atoms with E-state index in [0.717, 1.165) is 0 Å². The highest BCUT2D eigenvalue weighted by Crippen LogP contribution is 2.01. The Morgan fingerprint density at radius 3 is 2.67 bits per heavy atom. The van der Waals surface area contributed by atoms with E-state index >= 15 is 0 Å². The van der Waals surface area contributed by atoms with Crippen LogP contribution in [0.2, 0.25) is 0 Å². The minimum atomic E-state index is 1.20. The number of H-pyrrole nitrogens is 1. The highest BCUT2D eigenvalue weighted by atomic mass is 15.0. The van der Waals surface area contributed by atoms with Crippen LogP contribution in [0.5, 0.6) is 0 Å². The molecule has 0 bridgehead atoms. The van der Waals surface area contributed by atoms with E-state index in [-0.39, 0.29) is 0 Å². The molecule has 0 unspecified atom stereocenters. The van der Waals surface area contributed by atoms with Crippen molar-refractivity contribution >= 4 is 0 Å². The first-order valence-corrected chi connectivity index (χ1v) is 4.78. The van der Waals surface area contributed by atoms with Crippen molar-refractivity contribution in [1.29, 1.82) is 0 Å². The van der Waals surface area contributed by atoms with Crippen LogP contribution in [0.15, 0.2) is 6.20 Å². The van der Waals surface area contributed by atoms with Crippen LogP contribution in [0.1, 0.15) is 37.7 Å². The molecule has 1 rings (SSSR count). The van der Waals surface area contributed by atoms with Crippen LogP contribution in [0, 0.1) is 6.92 Å². The summed E-state index contributed by atoms with van der Waals surface area (Å²) in [4.78, 5) is 3.23. The fraction of sp³-hybridized carbons (Fsp3) is 0.700. The van der Waals surface area contributed by atoms with Gasteiger partial charge in [-0.3, -0.25) is 0 Å². The summed E-state index contributed by atoms with van der Waals surface area (Å²) in [6, 6.07) is 0. The SMILES string of the molecule is CCCCCc1c[nH]c(C)[n+]1C. The maximum absolute atomic E-state index is 3.23. The van der Waals surface area contributed by atoms with E-state index in [1.54, 1.807) is 0 Å². The molecule has 0 spiro atoms. The predicted octanol–water partition coefficient (Wildman–Crippen LogP) is 1.88. The van der Waals surface area contributed by atoms with E-state index in [1.807, 2.05) is 0 Å². The second-order valence-electron chi connectivity index (χ2n) is 3.38. The lowest BCUT2D eigenvalue weighted by atomic mass is 10.2. The summed E-state index contributed by atoms with van der Waals surface area (Å²) in [5.41, 5.74) is 1.42. The van der Waals surface area contributed by atoms with Crippen LogP contribution >= 0.6 is 0 Å². The molecule has 0 saturated heterocycles. The maximum atomic E-state index is 3.23. The van der Waals surface area contributed by atoms with Crippen LogP contribution in [0.4, 0.5) is 0 Å². The normalized spacial score (nSPS) is 10.6. The molecule has 0 fully saturated rings. The Bertz CT molecular complexity index is 238. The van der Waals surface area contributed by atoms with Crippen molar-refractivity contribution in [2.75, 3.05) is 0 Å². The molecule has 1 aromatic heterocycles. The van der Waals surface area contributed by atoms with Crippen LogP contribution in [0.3, 0.4) is 0 Å². The third-order valence-electron chi connectivity index (χ3n) is 2.42. The Morgan fingerprint density at radius 2 is 2.17 bits per heavy atom. The fourth-order valence-corrected chi connectivity index (χ4v) is 1.39. The molecule has 0 saturated carbocycles. The number of aromatic nitrogens is 2. The summed E-state index contributed by atoms with van der Waals surface area (Å²) in [6.07, 6.45) is 7.26. The summed E-state index contributed by atoms with van der Waals surface area (Å²) in [7, 11) is 2.12. The molecule has 12 heavy (non-hydrogen) atoms. The Kier molecular flexibility index (Phi) is 3.32. The van der Waals surface area contributed by atoms with Crippen molar-refractivity contribution in [1.82, 2.24) is 4.98 Å². The Hall–Kier alpha value is -0.790. The molecule has 0 amide bonds. The van der Waals surface area contributed by atoms with Crippen LogP contribution in [0.25, 0.3) is 0 Å². The number of unbranched alkanes of at least 4 members (excludes halogenated alkanes) is 2. The van der Waals surface area contributed by atoms with E-state index in [1.165, 1.54) is 37.2 Å². The lowest BCUT2D eigenvalue weighted by Gasteiger charge is -1.95. The molecule has 1 N–H and O–H groups in total. The van der Waals surface area contributed by atoms with Gasteiger partial charge in [0.05, 0.1) is 7.05 Å². The van der Waals surface area contributed by atoms with Crippen molar-refractivity contribution in [3.05, 3.63) is 17.7 Å². The molecule has 0 aliphatic carbocycles. The molecule has 0 aliphatic rings. The third-order valence-corrected chi connectivity index (χ3v) is 2.42. The Balaban J connectivity index is 2.46. The zero-order valence-electron chi connectivity index (χ0n) is 8.35. The Labute approximate surface area is 74.6 Å². The minimum Gasteiger partial charge on any atom is -0.248 e. The molecule has 0 atom stereocenters. The molecule has 2 nitrogen and oxygen atoms in total. The summed E-state index contributed by atoms with van der Waals surface area (Å²) in [5.74, 6) is 1.24. The van der Waals surface area contributed by atoms with Crippen molar-refractivity contribution < 1.29 is 4.57 Å². The van der Waals surface area contributed by atoms with Crippen molar-refractivity contribution in [3.63, 3.8) is 0 Å². The topological polar surface area (TPSA) is 19.7 Å². The van der Waals surface area contributed by atoms with E-state index in [9.17, 15) is 0 Å². The van der Waals surface area contributed by atoms with Gasteiger partial charge in [0, 0.05) is 13.3 Å². The van der Waals surface area contributed by atoms with E-state index in [2.05, 4.69) is 36.6 Å². The first kappa shape index (κ1) is 9.30. The van der Waals surface area contributed by atoms with Gasteiger partial charge in [0.15, 0.2) is 0 Å². The third kappa shape index (κ3) is 2.10. The van der Waals surface area contributed by atoms with Gasteiger partial charge in [-0.2, -0.15) is 0 Å². The van der Waals surface area contributed by atoms with Gasteiger partial charge in [0.2, 0.25) is 0 Å². The number of hydrogen-bond donors (Lipinski definition) is 1. The number of rotatable bonds is 4. The second-order valence-corrected chi connectivity index (χ2v) is 3.38. The van der Waals surface area contributed by atoms with Crippen molar-refractivity contribution in [3.8, 4) is 0 Å². The van der Waals surface area contributed by atoms with Gasteiger partial charge in [-0.15, -0.1) is 0 Å².